The maximum atomic E-state index is 11.9. The Kier molecular flexibility index (Phi) is 2.86. The third-order valence-electron chi connectivity index (χ3n) is 3.08. The Morgan fingerprint density at radius 3 is 2.29 bits per heavy atom. The third kappa shape index (κ3) is 2.60. The van der Waals surface area contributed by atoms with Gasteiger partial charge in [0.15, 0.2) is 0 Å². The second-order valence-electron chi connectivity index (χ2n) is 5.78. The molecule has 0 bridgehead atoms. The summed E-state index contributed by atoms with van der Waals surface area (Å²) in [6, 6.07) is 2.30. The monoisotopic (exact) mass is 234 g/mol. The van der Waals surface area contributed by atoms with E-state index in [0.717, 1.165) is 12.8 Å². The highest BCUT2D eigenvalue weighted by Gasteiger charge is 2.34. The smallest absolute Gasteiger partial charge is 0.410 e. The molecule has 92 valence electrons. The minimum Gasteiger partial charge on any atom is -0.444 e. The van der Waals surface area contributed by atoms with E-state index in [-0.39, 0.29) is 12.0 Å². The number of hydrogen-bond acceptors (Lipinski definition) is 3. The van der Waals surface area contributed by atoms with E-state index in [2.05, 4.69) is 6.07 Å². The predicted octanol–water partition coefficient (Wildman–Crippen LogP) is 2.47. The molecule has 0 saturated carbocycles. The van der Waals surface area contributed by atoms with Crippen LogP contribution in [0, 0.1) is 17.2 Å². The Morgan fingerprint density at radius 1 is 1.35 bits per heavy atom. The first-order valence-corrected chi connectivity index (χ1v) is 5.96. The highest BCUT2D eigenvalue weighted by Crippen LogP contribution is 2.36. The van der Waals surface area contributed by atoms with Gasteiger partial charge >= 0.3 is 6.09 Å². The van der Waals surface area contributed by atoms with Crippen LogP contribution >= 0.6 is 0 Å². The highest BCUT2D eigenvalue weighted by atomic mass is 16.6. The van der Waals surface area contributed by atoms with Gasteiger partial charge in [-0.15, -0.1) is 0 Å². The van der Waals surface area contributed by atoms with Crippen molar-refractivity contribution in [3.05, 3.63) is 11.1 Å². The van der Waals surface area contributed by atoms with E-state index in [1.807, 2.05) is 20.8 Å². The first kappa shape index (κ1) is 12.0. The quantitative estimate of drug-likeness (QED) is 0.605. The highest BCUT2D eigenvalue weighted by molar-refractivity contribution is 5.70. The number of rotatable bonds is 0. The van der Waals surface area contributed by atoms with Crippen molar-refractivity contribution in [2.24, 2.45) is 5.92 Å². The lowest BCUT2D eigenvalue weighted by Gasteiger charge is -2.25. The van der Waals surface area contributed by atoms with Crippen LogP contribution in [0.2, 0.25) is 0 Å². The van der Waals surface area contributed by atoms with Crippen molar-refractivity contribution in [2.75, 3.05) is 13.1 Å². The largest absolute Gasteiger partial charge is 0.444 e. The van der Waals surface area contributed by atoms with Crippen molar-refractivity contribution >= 4 is 6.09 Å². The number of nitriles is 1. The summed E-state index contributed by atoms with van der Waals surface area (Å²) in [4.78, 5) is 13.6. The second-order valence-corrected chi connectivity index (χ2v) is 5.78. The lowest BCUT2D eigenvalue weighted by atomic mass is 10.1. The maximum absolute atomic E-state index is 11.9. The van der Waals surface area contributed by atoms with Gasteiger partial charge in [0, 0.05) is 13.1 Å². The Labute approximate surface area is 102 Å². The van der Waals surface area contributed by atoms with Gasteiger partial charge in [-0.2, -0.15) is 5.26 Å². The summed E-state index contributed by atoms with van der Waals surface area (Å²) >= 11 is 0. The molecule has 0 aromatic rings. The maximum Gasteiger partial charge on any atom is 0.410 e. The lowest BCUT2D eigenvalue weighted by molar-refractivity contribution is 0.0295. The van der Waals surface area contributed by atoms with Crippen LogP contribution in [0.3, 0.4) is 0 Å². The van der Waals surface area contributed by atoms with Crippen LogP contribution < -0.4 is 0 Å². The van der Waals surface area contributed by atoms with Crippen LogP contribution in [-0.2, 0) is 4.74 Å². The molecular formula is C13H18N2O2. The molecule has 0 spiro atoms. The van der Waals surface area contributed by atoms with Crippen molar-refractivity contribution in [2.45, 2.75) is 39.2 Å². The van der Waals surface area contributed by atoms with E-state index >= 15 is 0 Å². The number of hydrogen-bond donors (Lipinski definition) is 0. The molecule has 1 aliphatic heterocycles. The molecule has 2 aliphatic rings. The summed E-state index contributed by atoms with van der Waals surface area (Å²) in [5, 5.41) is 8.87. The van der Waals surface area contributed by atoms with Crippen molar-refractivity contribution in [3.8, 4) is 6.07 Å². The second kappa shape index (κ2) is 4.06. The van der Waals surface area contributed by atoms with Crippen LogP contribution in [0.15, 0.2) is 11.1 Å². The summed E-state index contributed by atoms with van der Waals surface area (Å²) in [6.07, 6.45) is 1.40. The molecular weight excluding hydrogens is 216 g/mol. The van der Waals surface area contributed by atoms with Crippen LogP contribution in [-0.4, -0.2) is 29.7 Å². The Hall–Kier alpha value is -1.50. The molecule has 0 radical (unpaired) electrons. The molecule has 0 N–H and O–H groups in total. The van der Waals surface area contributed by atoms with Crippen molar-refractivity contribution in [1.82, 2.24) is 4.90 Å². The summed E-state index contributed by atoms with van der Waals surface area (Å²) in [6.45, 7) is 6.89. The van der Waals surface area contributed by atoms with Gasteiger partial charge in [0.25, 0.3) is 0 Å². The molecule has 17 heavy (non-hydrogen) atoms. The Bertz CT molecular complexity index is 394. The molecule has 0 unspecified atom stereocenters. The van der Waals surface area contributed by atoms with E-state index in [1.165, 1.54) is 11.1 Å². The fraction of sp³-hybridized carbons (Fsp3) is 0.692. The minimum absolute atomic E-state index is 0.126. The van der Waals surface area contributed by atoms with E-state index in [9.17, 15) is 4.79 Å². The zero-order chi connectivity index (χ0) is 12.6. The van der Waals surface area contributed by atoms with Gasteiger partial charge in [0.1, 0.15) is 5.60 Å². The molecule has 0 saturated heterocycles. The van der Waals surface area contributed by atoms with Crippen molar-refractivity contribution in [1.29, 1.82) is 5.26 Å². The minimum atomic E-state index is -0.445. The number of nitrogens with zero attached hydrogens (tertiary/aromatic N) is 2. The van der Waals surface area contributed by atoms with Crippen LogP contribution in [0.1, 0.15) is 33.6 Å². The molecule has 1 amide bonds. The van der Waals surface area contributed by atoms with Gasteiger partial charge in [0.05, 0.1) is 12.0 Å². The van der Waals surface area contributed by atoms with Crippen LogP contribution in [0.4, 0.5) is 4.79 Å². The standard InChI is InChI=1S/C13H18N2O2/c1-13(2,3)17-12(16)15-7-10-4-9(6-14)5-11(10)8-15/h9H,4-5,7-8H2,1-3H3. The number of carbonyl (C=O) groups is 1. The number of amides is 1. The van der Waals surface area contributed by atoms with Gasteiger partial charge in [-0.3, -0.25) is 0 Å². The van der Waals surface area contributed by atoms with Crippen LogP contribution in [0.5, 0.6) is 0 Å². The van der Waals surface area contributed by atoms with Crippen LogP contribution in [0.25, 0.3) is 0 Å². The first-order chi connectivity index (χ1) is 7.89. The van der Waals surface area contributed by atoms with Crippen molar-refractivity contribution < 1.29 is 9.53 Å². The Balaban J connectivity index is 1.91. The lowest BCUT2D eigenvalue weighted by Crippen LogP contribution is -2.36. The zero-order valence-corrected chi connectivity index (χ0v) is 10.6. The molecule has 0 aromatic heterocycles. The van der Waals surface area contributed by atoms with Gasteiger partial charge in [-0.05, 0) is 44.8 Å². The average molecular weight is 234 g/mol. The summed E-state index contributed by atoms with van der Waals surface area (Å²) in [5.41, 5.74) is 2.09. The molecule has 0 aromatic carbocycles. The van der Waals surface area contributed by atoms with Gasteiger partial charge < -0.3 is 9.64 Å². The normalized spacial score (nSPS) is 20.5. The van der Waals surface area contributed by atoms with E-state index < -0.39 is 5.60 Å². The van der Waals surface area contributed by atoms with E-state index in [1.54, 1.807) is 4.90 Å². The van der Waals surface area contributed by atoms with Gasteiger partial charge in [-0.25, -0.2) is 4.79 Å². The molecule has 1 heterocycles. The average Bonchev–Trinajstić information content (AvgIpc) is 2.70. The Morgan fingerprint density at radius 2 is 1.88 bits per heavy atom. The number of likely N-dealkylation sites (tertiary alicyclic amines) is 1. The fourth-order valence-electron chi connectivity index (χ4n) is 2.37. The first-order valence-electron chi connectivity index (χ1n) is 5.96. The number of ether oxygens (including phenoxy) is 1. The molecule has 0 atom stereocenters. The molecule has 1 aliphatic carbocycles. The molecule has 0 fully saturated rings. The number of carbonyl (C=O) groups excluding carboxylic acids is 1. The summed E-state index contributed by atoms with van der Waals surface area (Å²) < 4.78 is 5.34. The topological polar surface area (TPSA) is 53.3 Å². The summed E-state index contributed by atoms with van der Waals surface area (Å²) in [7, 11) is 0. The fourth-order valence-corrected chi connectivity index (χ4v) is 2.37. The van der Waals surface area contributed by atoms with Crippen molar-refractivity contribution in [3.63, 3.8) is 0 Å². The molecule has 4 nitrogen and oxygen atoms in total. The SMILES string of the molecule is CC(C)(C)OC(=O)N1CC2=C(CC(C#N)C2)C1. The van der Waals surface area contributed by atoms with E-state index in [0.29, 0.717) is 13.1 Å². The van der Waals surface area contributed by atoms with Gasteiger partial charge in [0.2, 0.25) is 0 Å². The third-order valence-corrected chi connectivity index (χ3v) is 3.08. The molecule has 2 rings (SSSR count). The zero-order valence-electron chi connectivity index (χ0n) is 10.6. The molecule has 4 heteroatoms. The predicted molar refractivity (Wildman–Crippen MR) is 63.2 cm³/mol. The van der Waals surface area contributed by atoms with Gasteiger partial charge in [-0.1, -0.05) is 0 Å². The summed E-state index contributed by atoms with van der Waals surface area (Å²) in [5.74, 6) is 0.126. The van der Waals surface area contributed by atoms with E-state index in [4.69, 9.17) is 10.00 Å².